The molecule has 8 heteroatoms. The monoisotopic (exact) mass is 596 g/mol. The Morgan fingerprint density at radius 3 is 1.30 bits per heavy atom. The van der Waals surface area contributed by atoms with Crippen LogP contribution in [0.25, 0.3) is 0 Å². The van der Waals surface area contributed by atoms with E-state index < -0.39 is 26.4 Å². The molecule has 5 saturated carbocycles. The molecule has 7 rings (SSSR count). The fourth-order valence-electron chi connectivity index (χ4n) is 11.2. The second-order valence-electron chi connectivity index (χ2n) is 15.0. The van der Waals surface area contributed by atoms with E-state index in [4.69, 9.17) is 9.05 Å². The molecule has 0 radical (unpaired) electrons. The lowest BCUT2D eigenvalue weighted by atomic mass is 9.71. The number of aliphatic hydroxyl groups excluding tert-OH is 2. The molecule has 6 nitrogen and oxygen atoms in total. The Bertz CT molecular complexity index is 928. The first-order valence-electron chi connectivity index (χ1n) is 17.3. The van der Waals surface area contributed by atoms with E-state index in [1.807, 2.05) is 0 Å². The maximum absolute atomic E-state index is 14.8. The smallest absolute Gasteiger partial charge is 0.234 e. The van der Waals surface area contributed by atoms with Gasteiger partial charge in [-0.15, -0.1) is 0 Å². The maximum atomic E-state index is 14.8. The summed E-state index contributed by atoms with van der Waals surface area (Å²) in [5, 5.41) is 23.9. The highest BCUT2D eigenvalue weighted by Gasteiger charge is 2.59. The summed E-state index contributed by atoms with van der Waals surface area (Å²) >= 11 is 0. The number of hydrogen-bond acceptors (Lipinski definition) is 6. The Hall–Kier alpha value is 0.300. The van der Waals surface area contributed by atoms with Gasteiger partial charge in [-0.25, -0.2) is 0 Å². The van der Waals surface area contributed by atoms with Crippen LogP contribution in [0.3, 0.4) is 0 Å². The first-order chi connectivity index (χ1) is 19.4. The molecule has 0 aromatic rings. The Morgan fingerprint density at radius 2 is 0.850 bits per heavy atom. The van der Waals surface area contributed by atoms with Gasteiger partial charge >= 0.3 is 0 Å². The van der Waals surface area contributed by atoms with Crippen LogP contribution in [-0.2, 0) is 18.2 Å². The molecule has 14 unspecified atom stereocenters. The summed E-state index contributed by atoms with van der Waals surface area (Å²) in [5.74, 6) is -0.382. The van der Waals surface area contributed by atoms with Crippen molar-refractivity contribution >= 4 is 14.7 Å². The van der Waals surface area contributed by atoms with Gasteiger partial charge in [0.25, 0.3) is 0 Å². The third-order valence-electron chi connectivity index (χ3n) is 13.0. The zero-order valence-corrected chi connectivity index (χ0v) is 26.3. The molecule has 7 fully saturated rings. The highest BCUT2D eigenvalue weighted by atomic mass is 31.2. The minimum absolute atomic E-state index is 0.00726. The van der Waals surface area contributed by atoms with Gasteiger partial charge in [-0.1, -0.05) is 57.8 Å². The van der Waals surface area contributed by atoms with E-state index in [9.17, 15) is 19.3 Å². The quantitative estimate of drug-likeness (QED) is 0.317. The molecule has 0 aromatic carbocycles. The van der Waals surface area contributed by atoms with Gasteiger partial charge in [-0.2, -0.15) is 0 Å². The number of aliphatic hydroxyl groups is 2. The van der Waals surface area contributed by atoms with Crippen LogP contribution in [0, 0.1) is 35.5 Å². The molecule has 228 valence electrons. The highest BCUT2D eigenvalue weighted by Crippen LogP contribution is 2.72. The van der Waals surface area contributed by atoms with Gasteiger partial charge in [0.1, 0.15) is 11.7 Å². The van der Waals surface area contributed by atoms with E-state index in [1.54, 1.807) is 0 Å². The molecule has 0 bridgehead atoms. The number of hydrogen-bond donors (Lipinski definition) is 2. The molecule has 2 aliphatic heterocycles. The van der Waals surface area contributed by atoms with E-state index in [2.05, 4.69) is 0 Å². The van der Waals surface area contributed by atoms with E-state index in [-0.39, 0.29) is 35.4 Å². The molecule has 7 aliphatic rings. The molecule has 5 aliphatic carbocycles. The summed E-state index contributed by atoms with van der Waals surface area (Å²) in [7, 11) is -6.54. The van der Waals surface area contributed by atoms with Crippen LogP contribution in [0.15, 0.2) is 0 Å². The Labute approximate surface area is 242 Å². The van der Waals surface area contributed by atoms with E-state index >= 15 is 0 Å². The Morgan fingerprint density at radius 1 is 0.475 bits per heavy atom. The third-order valence-corrected chi connectivity index (χ3v) is 19.7. The lowest BCUT2D eigenvalue weighted by Crippen LogP contribution is -2.49. The molecule has 2 N–H and O–H groups in total. The van der Waals surface area contributed by atoms with Gasteiger partial charge in [-0.05, 0) is 106 Å². The largest absolute Gasteiger partial charge is 0.383 e. The van der Waals surface area contributed by atoms with Crippen LogP contribution in [0.2, 0.25) is 0 Å². The summed E-state index contributed by atoms with van der Waals surface area (Å²) in [4.78, 5) is 0. The van der Waals surface area contributed by atoms with Crippen molar-refractivity contribution in [3.63, 3.8) is 0 Å². The van der Waals surface area contributed by atoms with Crippen molar-refractivity contribution in [3.05, 3.63) is 0 Å². The Balaban J connectivity index is 1.10. The van der Waals surface area contributed by atoms with Crippen molar-refractivity contribution < 1.29 is 28.4 Å². The van der Waals surface area contributed by atoms with Crippen LogP contribution < -0.4 is 0 Å². The minimum Gasteiger partial charge on any atom is -0.383 e. The van der Waals surface area contributed by atoms with Crippen molar-refractivity contribution in [2.75, 3.05) is 0 Å². The molecular formula is C32H54O6P2. The average Bonchev–Trinajstić information content (AvgIpc) is 3.01. The van der Waals surface area contributed by atoms with Crippen LogP contribution in [-0.4, -0.2) is 45.4 Å². The molecular weight excluding hydrogens is 542 g/mol. The maximum Gasteiger partial charge on any atom is 0.234 e. The van der Waals surface area contributed by atoms with Crippen molar-refractivity contribution in [2.24, 2.45) is 35.5 Å². The second kappa shape index (κ2) is 11.7. The third kappa shape index (κ3) is 4.90. The van der Waals surface area contributed by atoms with Crippen LogP contribution >= 0.6 is 14.7 Å². The van der Waals surface area contributed by atoms with Gasteiger partial charge in [-0.3, -0.25) is 9.13 Å². The SMILES string of the molecule is O=P1(C(O)C2CCCC(C(O)P3(=O)OC4CCCCC4C4CCCCC43)C2)OC2CCCCC2C2CCCCC21. The van der Waals surface area contributed by atoms with E-state index in [0.717, 1.165) is 83.5 Å². The van der Waals surface area contributed by atoms with Gasteiger partial charge in [0.05, 0.1) is 12.2 Å². The first-order valence-corrected chi connectivity index (χ1v) is 20.8. The Kier molecular flexibility index (Phi) is 8.47. The van der Waals surface area contributed by atoms with Gasteiger partial charge in [0, 0.05) is 11.3 Å². The molecule has 14 atom stereocenters. The summed E-state index contributed by atoms with van der Waals surface area (Å²) in [6.45, 7) is 0. The molecule has 0 aromatic heterocycles. The molecule has 2 heterocycles. The summed E-state index contributed by atoms with van der Waals surface area (Å²) in [5.41, 5.74) is -0.0145. The second-order valence-corrected chi connectivity index (χ2v) is 20.4. The normalized spacial score (nSPS) is 52.8. The van der Waals surface area contributed by atoms with E-state index in [0.29, 0.717) is 30.1 Å². The average molecular weight is 597 g/mol. The summed E-state index contributed by atoms with van der Waals surface area (Å²) < 4.78 is 42.8. The van der Waals surface area contributed by atoms with Crippen LogP contribution in [0.1, 0.15) is 128 Å². The van der Waals surface area contributed by atoms with Crippen molar-refractivity contribution in [3.8, 4) is 0 Å². The van der Waals surface area contributed by atoms with Gasteiger partial charge in [0.15, 0.2) is 0 Å². The molecule has 0 amide bonds. The first kappa shape index (κ1) is 29.0. The minimum atomic E-state index is -3.27. The highest BCUT2D eigenvalue weighted by molar-refractivity contribution is 7.60. The zero-order valence-electron chi connectivity index (χ0n) is 24.5. The van der Waals surface area contributed by atoms with Crippen LogP contribution in [0.4, 0.5) is 0 Å². The fraction of sp³-hybridized carbons (Fsp3) is 1.00. The lowest BCUT2D eigenvalue weighted by Gasteiger charge is -2.54. The molecule has 40 heavy (non-hydrogen) atoms. The van der Waals surface area contributed by atoms with E-state index in [1.165, 1.54) is 38.5 Å². The lowest BCUT2D eigenvalue weighted by molar-refractivity contribution is -0.00837. The summed E-state index contributed by atoms with van der Waals surface area (Å²) in [6, 6.07) is 0. The standard InChI is InChI=1S/C32H54O6P2/c33-31(39(35)29-18-7-3-14-25(29)23-12-1-5-16-27(23)37-39)21-10-9-11-22(20-21)32(34)40(36)30-19-8-4-15-26(30)24-13-2-6-17-28(24)38-40/h21-34H,1-20H2. The fourth-order valence-corrected chi connectivity index (χ4v) is 18.5. The van der Waals surface area contributed by atoms with Crippen molar-refractivity contribution in [2.45, 2.75) is 164 Å². The predicted molar refractivity (Wildman–Crippen MR) is 158 cm³/mol. The number of fused-ring (bicyclic) bond motifs is 6. The van der Waals surface area contributed by atoms with Crippen molar-refractivity contribution in [1.82, 2.24) is 0 Å². The number of rotatable bonds is 4. The van der Waals surface area contributed by atoms with Gasteiger partial charge < -0.3 is 19.3 Å². The van der Waals surface area contributed by atoms with Crippen LogP contribution in [0.5, 0.6) is 0 Å². The molecule has 0 spiro atoms. The van der Waals surface area contributed by atoms with Crippen molar-refractivity contribution in [1.29, 1.82) is 0 Å². The topological polar surface area (TPSA) is 93.1 Å². The van der Waals surface area contributed by atoms with Gasteiger partial charge in [0.2, 0.25) is 14.7 Å². The predicted octanol–water partition coefficient (Wildman–Crippen LogP) is 8.28. The summed E-state index contributed by atoms with van der Waals surface area (Å²) in [6.07, 6.45) is 20.9. The molecule has 2 saturated heterocycles. The zero-order chi connectivity index (χ0) is 27.5.